The van der Waals surface area contributed by atoms with Gasteiger partial charge in [-0.15, -0.1) is 0 Å². The molecule has 3 amide bonds. The first-order valence-electron chi connectivity index (χ1n) is 12.1. The lowest BCUT2D eigenvalue weighted by Gasteiger charge is -2.32. The van der Waals surface area contributed by atoms with E-state index in [1.165, 1.54) is 4.90 Å². The number of hydrogen-bond acceptors (Lipinski definition) is 5. The van der Waals surface area contributed by atoms with E-state index in [4.69, 9.17) is 9.15 Å². The Bertz CT molecular complexity index is 961. The van der Waals surface area contributed by atoms with Crippen molar-refractivity contribution >= 4 is 17.7 Å². The van der Waals surface area contributed by atoms with Gasteiger partial charge in [0.2, 0.25) is 5.91 Å². The SMILES string of the molecule is Cc1ccc([C@H](C(=O)NCc2ccco2)N(C[C@@H]2CCCO2)C(=O)C(=O)NC2CCCC2)cc1. The molecule has 8 nitrogen and oxygen atoms in total. The average Bonchev–Trinajstić information content (AvgIpc) is 3.62. The molecule has 2 atom stereocenters. The molecule has 1 aliphatic heterocycles. The lowest BCUT2D eigenvalue weighted by molar-refractivity contribution is -0.151. The van der Waals surface area contributed by atoms with Crippen molar-refractivity contribution in [2.45, 2.75) is 70.2 Å². The van der Waals surface area contributed by atoms with Crippen LogP contribution in [0, 0.1) is 6.92 Å². The minimum Gasteiger partial charge on any atom is -0.467 e. The number of ether oxygens (including phenoxy) is 1. The molecule has 1 aromatic heterocycles. The molecule has 1 aromatic carbocycles. The Morgan fingerprint density at radius 3 is 2.47 bits per heavy atom. The first kappa shape index (κ1) is 24.0. The smallest absolute Gasteiger partial charge is 0.312 e. The van der Waals surface area contributed by atoms with Gasteiger partial charge >= 0.3 is 11.8 Å². The highest BCUT2D eigenvalue weighted by molar-refractivity contribution is 6.35. The molecule has 2 fully saturated rings. The molecule has 0 bridgehead atoms. The van der Waals surface area contributed by atoms with Gasteiger partial charge in [0, 0.05) is 19.2 Å². The molecule has 2 heterocycles. The fourth-order valence-electron chi connectivity index (χ4n) is 4.67. The van der Waals surface area contributed by atoms with Crippen molar-refractivity contribution in [3.8, 4) is 0 Å². The Kier molecular flexibility index (Phi) is 8.00. The van der Waals surface area contributed by atoms with E-state index in [2.05, 4.69) is 10.6 Å². The van der Waals surface area contributed by atoms with E-state index < -0.39 is 17.9 Å². The number of hydrogen-bond donors (Lipinski definition) is 2. The number of aryl methyl sites for hydroxylation is 1. The van der Waals surface area contributed by atoms with E-state index >= 15 is 0 Å². The van der Waals surface area contributed by atoms with Crippen molar-refractivity contribution in [2.75, 3.05) is 13.2 Å². The minimum absolute atomic E-state index is 0.00614. The second kappa shape index (κ2) is 11.3. The summed E-state index contributed by atoms with van der Waals surface area (Å²) in [7, 11) is 0. The van der Waals surface area contributed by atoms with Gasteiger partial charge in [-0.25, -0.2) is 0 Å². The van der Waals surface area contributed by atoms with E-state index in [1.807, 2.05) is 31.2 Å². The normalized spacial score (nSPS) is 19.0. The summed E-state index contributed by atoms with van der Waals surface area (Å²) in [5.41, 5.74) is 1.68. The molecule has 34 heavy (non-hydrogen) atoms. The van der Waals surface area contributed by atoms with Crippen LogP contribution in [0.3, 0.4) is 0 Å². The second-order valence-corrected chi connectivity index (χ2v) is 9.16. The maximum atomic E-state index is 13.5. The lowest BCUT2D eigenvalue weighted by Crippen LogP contribution is -2.52. The van der Waals surface area contributed by atoms with Gasteiger partial charge in [-0.1, -0.05) is 42.7 Å². The molecule has 4 rings (SSSR count). The summed E-state index contributed by atoms with van der Waals surface area (Å²) in [6.07, 6.45) is 6.82. The van der Waals surface area contributed by atoms with E-state index in [9.17, 15) is 14.4 Å². The highest BCUT2D eigenvalue weighted by Gasteiger charge is 2.37. The number of benzene rings is 1. The lowest BCUT2D eigenvalue weighted by atomic mass is 10.0. The van der Waals surface area contributed by atoms with Crippen LogP contribution in [-0.2, 0) is 25.7 Å². The third-order valence-electron chi connectivity index (χ3n) is 6.54. The Labute approximate surface area is 200 Å². The molecule has 1 saturated carbocycles. The van der Waals surface area contributed by atoms with Crippen LogP contribution >= 0.6 is 0 Å². The molecule has 1 aliphatic carbocycles. The highest BCUT2D eigenvalue weighted by Crippen LogP contribution is 2.26. The van der Waals surface area contributed by atoms with Crippen LogP contribution in [0.4, 0.5) is 0 Å². The monoisotopic (exact) mass is 467 g/mol. The first-order chi connectivity index (χ1) is 16.5. The van der Waals surface area contributed by atoms with Crippen molar-refractivity contribution in [2.24, 2.45) is 0 Å². The third kappa shape index (κ3) is 6.05. The fourth-order valence-corrected chi connectivity index (χ4v) is 4.67. The van der Waals surface area contributed by atoms with Crippen LogP contribution in [0.15, 0.2) is 47.1 Å². The predicted octanol–water partition coefficient (Wildman–Crippen LogP) is 3.01. The van der Waals surface area contributed by atoms with Gasteiger partial charge in [0.25, 0.3) is 0 Å². The molecule has 8 heteroatoms. The van der Waals surface area contributed by atoms with Gasteiger partial charge in [-0.05, 0) is 50.3 Å². The number of rotatable bonds is 8. The summed E-state index contributed by atoms with van der Waals surface area (Å²) < 4.78 is 11.1. The van der Waals surface area contributed by atoms with Crippen molar-refractivity contribution in [1.82, 2.24) is 15.5 Å². The summed E-state index contributed by atoms with van der Waals surface area (Å²) >= 11 is 0. The Morgan fingerprint density at radius 2 is 1.82 bits per heavy atom. The Hall–Kier alpha value is -3.13. The number of nitrogens with one attached hydrogen (secondary N) is 2. The van der Waals surface area contributed by atoms with E-state index in [0.29, 0.717) is 17.9 Å². The molecular formula is C26H33N3O5. The van der Waals surface area contributed by atoms with Crippen molar-refractivity contribution in [3.63, 3.8) is 0 Å². The van der Waals surface area contributed by atoms with Crippen molar-refractivity contribution in [3.05, 3.63) is 59.5 Å². The summed E-state index contributed by atoms with van der Waals surface area (Å²) in [6, 6.07) is 10.0. The summed E-state index contributed by atoms with van der Waals surface area (Å²) in [5, 5.41) is 5.75. The van der Waals surface area contributed by atoms with Crippen molar-refractivity contribution in [1.29, 1.82) is 0 Å². The highest BCUT2D eigenvalue weighted by atomic mass is 16.5. The zero-order valence-electron chi connectivity index (χ0n) is 19.6. The zero-order valence-corrected chi connectivity index (χ0v) is 19.6. The molecule has 2 aliphatic rings. The zero-order chi connectivity index (χ0) is 23.9. The number of carbonyl (C=O) groups is 3. The third-order valence-corrected chi connectivity index (χ3v) is 6.54. The van der Waals surface area contributed by atoms with Crippen LogP contribution in [0.1, 0.15) is 61.5 Å². The molecule has 2 aromatic rings. The number of nitrogens with zero attached hydrogens (tertiary/aromatic N) is 1. The number of amides is 3. The van der Waals surface area contributed by atoms with E-state index in [-0.39, 0.29) is 31.1 Å². The van der Waals surface area contributed by atoms with Crippen LogP contribution in [0.25, 0.3) is 0 Å². The Balaban J connectivity index is 1.60. The first-order valence-corrected chi connectivity index (χ1v) is 12.1. The second-order valence-electron chi connectivity index (χ2n) is 9.16. The molecule has 0 unspecified atom stereocenters. The number of carbonyl (C=O) groups excluding carboxylic acids is 3. The minimum atomic E-state index is -0.971. The topological polar surface area (TPSA) is 101 Å². The van der Waals surface area contributed by atoms with Gasteiger partial charge < -0.3 is 24.7 Å². The van der Waals surface area contributed by atoms with Gasteiger partial charge in [0.15, 0.2) is 0 Å². The quantitative estimate of drug-likeness (QED) is 0.582. The van der Waals surface area contributed by atoms with Gasteiger partial charge in [0.1, 0.15) is 11.8 Å². The van der Waals surface area contributed by atoms with Gasteiger partial charge in [-0.3, -0.25) is 14.4 Å². The van der Waals surface area contributed by atoms with Crippen LogP contribution in [0.5, 0.6) is 0 Å². The molecule has 2 N–H and O–H groups in total. The molecule has 1 saturated heterocycles. The number of furan rings is 1. The largest absolute Gasteiger partial charge is 0.467 e. The summed E-state index contributed by atoms with van der Waals surface area (Å²) in [5.74, 6) is -1.14. The molecular weight excluding hydrogens is 434 g/mol. The van der Waals surface area contributed by atoms with Gasteiger partial charge in [-0.2, -0.15) is 0 Å². The van der Waals surface area contributed by atoms with Crippen LogP contribution in [0.2, 0.25) is 0 Å². The van der Waals surface area contributed by atoms with Crippen molar-refractivity contribution < 1.29 is 23.5 Å². The predicted molar refractivity (Wildman–Crippen MR) is 126 cm³/mol. The van der Waals surface area contributed by atoms with E-state index in [0.717, 1.165) is 44.1 Å². The summed E-state index contributed by atoms with van der Waals surface area (Å²) in [6.45, 7) is 2.93. The van der Waals surface area contributed by atoms with E-state index in [1.54, 1.807) is 18.4 Å². The van der Waals surface area contributed by atoms with Crippen LogP contribution < -0.4 is 10.6 Å². The molecule has 0 radical (unpaired) electrons. The molecule has 0 spiro atoms. The molecule has 182 valence electrons. The Morgan fingerprint density at radius 1 is 1.06 bits per heavy atom. The van der Waals surface area contributed by atoms with Crippen LogP contribution in [-0.4, -0.2) is 47.9 Å². The van der Waals surface area contributed by atoms with Gasteiger partial charge in [0.05, 0.1) is 18.9 Å². The standard InChI is InChI=1S/C26H33N3O5/c1-18-10-12-19(13-11-18)23(24(30)27-16-21-8-4-14-33-21)29(17-22-9-5-15-34-22)26(32)25(31)28-20-6-2-3-7-20/h4,8,10-14,20,22-23H,2-3,5-7,9,15-17H2,1H3,(H,27,30)(H,28,31)/t22-,23+/m0/s1. The summed E-state index contributed by atoms with van der Waals surface area (Å²) in [4.78, 5) is 41.3. The maximum absolute atomic E-state index is 13.5. The maximum Gasteiger partial charge on any atom is 0.312 e. The fraction of sp³-hybridized carbons (Fsp3) is 0.500. The average molecular weight is 468 g/mol.